The molecule has 0 aromatic carbocycles. The third kappa shape index (κ3) is 3.21. The molecule has 0 atom stereocenters. The van der Waals surface area contributed by atoms with Crippen LogP contribution in [0.5, 0.6) is 0 Å². The molecule has 16 heavy (non-hydrogen) atoms. The minimum absolute atomic E-state index is 0.0465. The first-order valence-corrected chi connectivity index (χ1v) is 5.41. The summed E-state index contributed by atoms with van der Waals surface area (Å²) in [7, 11) is 0. The lowest BCUT2D eigenvalue weighted by Gasteiger charge is -2.27. The average Bonchev–Trinajstić information content (AvgIpc) is 2.18. The number of nitrogens with two attached hydrogens (primary N) is 1. The van der Waals surface area contributed by atoms with E-state index in [2.05, 4.69) is 10.2 Å². The summed E-state index contributed by atoms with van der Waals surface area (Å²) in [4.78, 5) is 12.7. The van der Waals surface area contributed by atoms with Crippen molar-refractivity contribution in [3.05, 3.63) is 16.4 Å². The van der Waals surface area contributed by atoms with Crippen LogP contribution < -0.4 is 10.6 Å². The van der Waals surface area contributed by atoms with Crippen LogP contribution in [0.4, 0.5) is 5.69 Å². The first kappa shape index (κ1) is 13.0. The monoisotopic (exact) mass is 262 g/mol. The van der Waals surface area contributed by atoms with Crippen LogP contribution in [-0.4, -0.2) is 28.7 Å². The van der Waals surface area contributed by atoms with Gasteiger partial charge in [-0.3, -0.25) is 4.79 Å². The third-order valence-corrected chi connectivity index (χ3v) is 2.41. The number of anilines is 1. The standard InChI is InChI=1S/C9H12Cl2N4O/c1-5(2)15(4-8(12)16)6-3-7(10)13-14-9(6)11/h3,5H,4H2,1-2H3,(H2,12,16). The summed E-state index contributed by atoms with van der Waals surface area (Å²) >= 11 is 11.6. The van der Waals surface area contributed by atoms with E-state index in [1.807, 2.05) is 13.8 Å². The number of rotatable bonds is 4. The Morgan fingerprint density at radius 1 is 1.50 bits per heavy atom. The number of halogens is 2. The number of aromatic nitrogens is 2. The van der Waals surface area contributed by atoms with Crippen LogP contribution in [-0.2, 0) is 4.79 Å². The molecule has 0 radical (unpaired) electrons. The van der Waals surface area contributed by atoms with Crippen LogP contribution in [0.3, 0.4) is 0 Å². The molecule has 0 aliphatic rings. The molecule has 1 rings (SSSR count). The molecule has 0 aliphatic carbocycles. The Hall–Kier alpha value is -1.07. The zero-order valence-electron chi connectivity index (χ0n) is 8.94. The molecule has 0 unspecified atom stereocenters. The fraction of sp³-hybridized carbons (Fsp3) is 0.444. The maximum Gasteiger partial charge on any atom is 0.236 e. The zero-order chi connectivity index (χ0) is 12.3. The lowest BCUT2D eigenvalue weighted by atomic mass is 10.2. The van der Waals surface area contributed by atoms with Gasteiger partial charge in [-0.05, 0) is 13.8 Å². The molecule has 0 bridgehead atoms. The van der Waals surface area contributed by atoms with Gasteiger partial charge in [0.05, 0.1) is 12.2 Å². The Labute approximate surface area is 104 Å². The molecule has 0 aliphatic heterocycles. The Morgan fingerprint density at radius 2 is 2.12 bits per heavy atom. The number of primary amides is 1. The highest BCUT2D eigenvalue weighted by Gasteiger charge is 2.17. The summed E-state index contributed by atoms with van der Waals surface area (Å²) in [5, 5.41) is 7.69. The second kappa shape index (κ2) is 5.32. The highest BCUT2D eigenvalue weighted by atomic mass is 35.5. The van der Waals surface area contributed by atoms with Gasteiger partial charge in [0, 0.05) is 12.1 Å². The van der Waals surface area contributed by atoms with Gasteiger partial charge in [-0.15, -0.1) is 10.2 Å². The van der Waals surface area contributed by atoms with Gasteiger partial charge < -0.3 is 10.6 Å². The van der Waals surface area contributed by atoms with Gasteiger partial charge in [-0.25, -0.2) is 0 Å². The van der Waals surface area contributed by atoms with Crippen molar-refractivity contribution in [2.75, 3.05) is 11.4 Å². The van der Waals surface area contributed by atoms with Crippen molar-refractivity contribution < 1.29 is 4.79 Å². The first-order chi connectivity index (χ1) is 7.41. The highest BCUT2D eigenvalue weighted by molar-refractivity contribution is 6.33. The van der Waals surface area contributed by atoms with E-state index in [0.29, 0.717) is 5.69 Å². The van der Waals surface area contributed by atoms with Crippen molar-refractivity contribution in [1.29, 1.82) is 0 Å². The van der Waals surface area contributed by atoms with Crippen LogP contribution in [0.1, 0.15) is 13.8 Å². The van der Waals surface area contributed by atoms with E-state index in [4.69, 9.17) is 28.9 Å². The summed E-state index contributed by atoms with van der Waals surface area (Å²) in [5.74, 6) is -0.447. The minimum Gasteiger partial charge on any atom is -0.368 e. The van der Waals surface area contributed by atoms with Gasteiger partial charge >= 0.3 is 0 Å². The predicted molar refractivity (Wildman–Crippen MR) is 63.7 cm³/mol. The average molecular weight is 263 g/mol. The van der Waals surface area contributed by atoms with Crippen molar-refractivity contribution >= 4 is 34.8 Å². The van der Waals surface area contributed by atoms with Gasteiger partial charge in [0.25, 0.3) is 0 Å². The van der Waals surface area contributed by atoms with Crippen molar-refractivity contribution in [2.24, 2.45) is 5.73 Å². The zero-order valence-corrected chi connectivity index (χ0v) is 10.5. The number of hydrogen-bond acceptors (Lipinski definition) is 4. The van der Waals surface area contributed by atoms with Crippen LogP contribution in [0, 0.1) is 0 Å². The molecule has 0 fully saturated rings. The molecule has 1 aromatic heterocycles. The number of nitrogens with zero attached hydrogens (tertiary/aromatic N) is 3. The van der Waals surface area contributed by atoms with Crippen LogP contribution in [0.15, 0.2) is 6.07 Å². The summed E-state index contributed by atoms with van der Waals surface area (Å²) in [6.45, 7) is 3.88. The van der Waals surface area contributed by atoms with E-state index >= 15 is 0 Å². The minimum atomic E-state index is -0.447. The van der Waals surface area contributed by atoms with E-state index in [0.717, 1.165) is 0 Å². The second-order valence-electron chi connectivity index (χ2n) is 3.53. The largest absolute Gasteiger partial charge is 0.368 e. The molecular weight excluding hydrogens is 251 g/mol. The van der Waals surface area contributed by atoms with Gasteiger partial charge in [0.2, 0.25) is 5.91 Å². The maximum atomic E-state index is 11.0. The van der Waals surface area contributed by atoms with Crippen molar-refractivity contribution in [3.8, 4) is 0 Å². The van der Waals surface area contributed by atoms with Crippen LogP contribution >= 0.6 is 23.2 Å². The number of hydrogen-bond donors (Lipinski definition) is 1. The normalized spacial score (nSPS) is 10.6. The van der Waals surface area contributed by atoms with Gasteiger partial charge in [0.1, 0.15) is 0 Å². The SMILES string of the molecule is CC(C)N(CC(N)=O)c1cc(Cl)nnc1Cl. The van der Waals surface area contributed by atoms with Gasteiger partial charge in [0.15, 0.2) is 10.3 Å². The summed E-state index contributed by atoms with van der Waals surface area (Å²) in [6.07, 6.45) is 0. The van der Waals surface area contributed by atoms with E-state index < -0.39 is 5.91 Å². The Balaban J connectivity index is 3.09. The molecule has 0 spiro atoms. The van der Waals surface area contributed by atoms with Crippen LogP contribution in [0.2, 0.25) is 10.3 Å². The van der Waals surface area contributed by atoms with Gasteiger partial charge in [-0.2, -0.15) is 0 Å². The van der Waals surface area contributed by atoms with E-state index in [-0.39, 0.29) is 22.9 Å². The molecule has 1 aromatic rings. The summed E-state index contributed by atoms with van der Waals surface area (Å²) < 4.78 is 0. The maximum absolute atomic E-state index is 11.0. The van der Waals surface area contributed by atoms with E-state index in [1.165, 1.54) is 0 Å². The summed E-state index contributed by atoms with van der Waals surface area (Å²) in [6, 6.07) is 1.60. The predicted octanol–water partition coefficient (Wildman–Crippen LogP) is 1.48. The lowest BCUT2D eigenvalue weighted by Crippen LogP contribution is -2.38. The van der Waals surface area contributed by atoms with Crippen LogP contribution in [0.25, 0.3) is 0 Å². The Bertz CT molecular complexity index is 397. The Kier molecular flexibility index (Phi) is 4.32. The lowest BCUT2D eigenvalue weighted by molar-refractivity contribution is -0.116. The number of carbonyl (C=O) groups excluding carboxylic acids is 1. The van der Waals surface area contributed by atoms with Gasteiger partial charge in [-0.1, -0.05) is 23.2 Å². The summed E-state index contributed by atoms with van der Waals surface area (Å²) in [5.41, 5.74) is 5.72. The molecular formula is C9H12Cl2N4O. The highest BCUT2D eigenvalue weighted by Crippen LogP contribution is 2.26. The third-order valence-electron chi connectivity index (χ3n) is 1.96. The van der Waals surface area contributed by atoms with Crippen molar-refractivity contribution in [2.45, 2.75) is 19.9 Å². The molecule has 1 heterocycles. The van der Waals surface area contributed by atoms with Crippen molar-refractivity contribution in [1.82, 2.24) is 10.2 Å². The molecule has 7 heteroatoms. The molecule has 0 saturated heterocycles. The topological polar surface area (TPSA) is 72.1 Å². The number of carbonyl (C=O) groups is 1. The smallest absolute Gasteiger partial charge is 0.236 e. The fourth-order valence-corrected chi connectivity index (χ4v) is 1.60. The fourth-order valence-electron chi connectivity index (χ4n) is 1.26. The Morgan fingerprint density at radius 3 is 2.62 bits per heavy atom. The molecule has 5 nitrogen and oxygen atoms in total. The molecule has 0 saturated carbocycles. The van der Waals surface area contributed by atoms with E-state index in [1.54, 1.807) is 11.0 Å². The molecule has 88 valence electrons. The number of amides is 1. The second-order valence-corrected chi connectivity index (χ2v) is 4.28. The first-order valence-electron chi connectivity index (χ1n) is 4.65. The molecule has 1 amide bonds. The van der Waals surface area contributed by atoms with E-state index in [9.17, 15) is 4.79 Å². The quantitative estimate of drug-likeness (QED) is 0.893. The molecule has 2 N–H and O–H groups in total. The van der Waals surface area contributed by atoms with Crippen molar-refractivity contribution in [3.63, 3.8) is 0 Å².